The average molecular weight is 418 g/mol. The number of hydrogen-bond acceptors (Lipinski definition) is 6. The van der Waals surface area contributed by atoms with Gasteiger partial charge in [0.2, 0.25) is 5.95 Å². The second-order valence-electron chi connectivity index (χ2n) is 7.52. The second-order valence-corrected chi connectivity index (χ2v) is 7.52. The molecule has 0 radical (unpaired) electrons. The fraction of sp³-hybridized carbons (Fsp3) is 0.261. The zero-order valence-electron chi connectivity index (χ0n) is 17.2. The van der Waals surface area contributed by atoms with Crippen LogP contribution in [0.25, 0.3) is 16.7 Å². The lowest BCUT2D eigenvalue weighted by Crippen LogP contribution is -2.37. The summed E-state index contributed by atoms with van der Waals surface area (Å²) in [6.07, 6.45) is 1.77. The highest BCUT2D eigenvalue weighted by molar-refractivity contribution is 5.89. The number of anilines is 2. The van der Waals surface area contributed by atoms with Crippen molar-refractivity contribution in [1.29, 1.82) is 0 Å². The van der Waals surface area contributed by atoms with Crippen molar-refractivity contribution in [2.24, 2.45) is 0 Å². The molecule has 1 unspecified atom stereocenters. The Labute approximate surface area is 179 Å². The minimum absolute atomic E-state index is 0.0263. The first-order chi connectivity index (χ1) is 15.2. The molecular formula is C23H23FN6O. The summed E-state index contributed by atoms with van der Waals surface area (Å²) in [5.41, 5.74) is 2.56. The standard InChI is InChI=1S/C23H23FN6O/c1-16(17-5-3-2-4-6-17)26-23-27-21(29-11-13-31-14-12-29)20-15-25-30(22(20)28-23)19-9-7-18(24)8-10-19/h2-10,15-16H,11-14H2,1H3,(H,26,27,28). The zero-order valence-corrected chi connectivity index (χ0v) is 17.2. The number of nitrogens with zero attached hydrogens (tertiary/aromatic N) is 5. The van der Waals surface area contributed by atoms with E-state index in [0.29, 0.717) is 24.8 Å². The quantitative estimate of drug-likeness (QED) is 0.529. The van der Waals surface area contributed by atoms with Gasteiger partial charge in [0.05, 0.1) is 36.5 Å². The SMILES string of the molecule is CC(Nc1nc(N2CCOCC2)c2cnn(-c3ccc(F)cc3)c2n1)c1ccccc1. The maximum atomic E-state index is 13.4. The van der Waals surface area contributed by atoms with Crippen LogP contribution in [0.15, 0.2) is 60.8 Å². The Balaban J connectivity index is 1.59. The molecule has 0 bridgehead atoms. The van der Waals surface area contributed by atoms with E-state index in [1.807, 2.05) is 18.2 Å². The van der Waals surface area contributed by atoms with Crippen molar-refractivity contribution in [3.05, 3.63) is 72.2 Å². The van der Waals surface area contributed by atoms with Gasteiger partial charge in [0.15, 0.2) is 5.65 Å². The number of aromatic nitrogens is 4. The molecule has 1 fully saturated rings. The van der Waals surface area contributed by atoms with Crippen LogP contribution in [0.3, 0.4) is 0 Å². The van der Waals surface area contributed by atoms with Gasteiger partial charge in [-0.05, 0) is 36.8 Å². The molecule has 0 spiro atoms. The molecular weight excluding hydrogens is 395 g/mol. The summed E-state index contributed by atoms with van der Waals surface area (Å²) in [6.45, 7) is 4.89. The normalized spacial score (nSPS) is 15.2. The van der Waals surface area contributed by atoms with E-state index in [1.165, 1.54) is 12.1 Å². The predicted octanol–water partition coefficient (Wildman–Crippen LogP) is 3.96. The lowest BCUT2D eigenvalue weighted by atomic mass is 10.1. The monoisotopic (exact) mass is 418 g/mol. The van der Waals surface area contributed by atoms with E-state index in [9.17, 15) is 4.39 Å². The Morgan fingerprint density at radius 1 is 1.00 bits per heavy atom. The van der Waals surface area contributed by atoms with Gasteiger partial charge >= 0.3 is 0 Å². The largest absolute Gasteiger partial charge is 0.378 e. The highest BCUT2D eigenvalue weighted by atomic mass is 19.1. The molecule has 5 rings (SSSR count). The van der Waals surface area contributed by atoms with Gasteiger partial charge in [-0.2, -0.15) is 15.1 Å². The number of hydrogen-bond donors (Lipinski definition) is 1. The number of nitrogens with one attached hydrogen (secondary N) is 1. The van der Waals surface area contributed by atoms with E-state index in [0.717, 1.165) is 35.5 Å². The lowest BCUT2D eigenvalue weighted by molar-refractivity contribution is 0.122. The van der Waals surface area contributed by atoms with E-state index in [-0.39, 0.29) is 11.9 Å². The van der Waals surface area contributed by atoms with Gasteiger partial charge in [-0.25, -0.2) is 9.07 Å². The second kappa shape index (κ2) is 8.31. The van der Waals surface area contributed by atoms with Crippen molar-refractivity contribution in [1.82, 2.24) is 19.7 Å². The van der Waals surface area contributed by atoms with Crippen molar-refractivity contribution in [3.63, 3.8) is 0 Å². The van der Waals surface area contributed by atoms with Gasteiger partial charge in [0, 0.05) is 13.1 Å². The van der Waals surface area contributed by atoms with E-state index in [1.54, 1.807) is 23.0 Å². The number of fused-ring (bicyclic) bond motifs is 1. The fourth-order valence-electron chi connectivity index (χ4n) is 3.76. The van der Waals surface area contributed by atoms with Crippen LogP contribution in [0.4, 0.5) is 16.2 Å². The van der Waals surface area contributed by atoms with Gasteiger partial charge in [0.1, 0.15) is 11.6 Å². The lowest BCUT2D eigenvalue weighted by Gasteiger charge is -2.28. The molecule has 1 N–H and O–H groups in total. The Morgan fingerprint density at radius 3 is 2.48 bits per heavy atom. The number of halogens is 1. The van der Waals surface area contributed by atoms with Crippen molar-refractivity contribution >= 4 is 22.8 Å². The van der Waals surface area contributed by atoms with Crippen LogP contribution < -0.4 is 10.2 Å². The Bertz CT molecular complexity index is 1170. The van der Waals surface area contributed by atoms with Crippen molar-refractivity contribution in [2.45, 2.75) is 13.0 Å². The highest BCUT2D eigenvalue weighted by Crippen LogP contribution is 2.29. The summed E-state index contributed by atoms with van der Waals surface area (Å²) >= 11 is 0. The number of ether oxygens (including phenoxy) is 1. The van der Waals surface area contributed by atoms with Crippen LogP contribution in [0.5, 0.6) is 0 Å². The van der Waals surface area contributed by atoms with E-state index in [4.69, 9.17) is 14.7 Å². The minimum Gasteiger partial charge on any atom is -0.378 e. The average Bonchev–Trinajstić information content (AvgIpc) is 3.24. The van der Waals surface area contributed by atoms with Crippen molar-refractivity contribution in [2.75, 3.05) is 36.5 Å². The molecule has 4 aromatic rings. The molecule has 0 saturated carbocycles. The zero-order chi connectivity index (χ0) is 21.2. The summed E-state index contributed by atoms with van der Waals surface area (Å²) in [4.78, 5) is 11.8. The molecule has 1 aliphatic heterocycles. The minimum atomic E-state index is -0.289. The summed E-state index contributed by atoms with van der Waals surface area (Å²) in [5, 5.41) is 8.81. The molecule has 3 heterocycles. The summed E-state index contributed by atoms with van der Waals surface area (Å²) < 4.78 is 20.7. The smallest absolute Gasteiger partial charge is 0.227 e. The first kappa shape index (κ1) is 19.4. The summed E-state index contributed by atoms with van der Waals surface area (Å²) in [7, 11) is 0. The molecule has 1 aliphatic rings. The molecule has 0 amide bonds. The number of benzene rings is 2. The summed E-state index contributed by atoms with van der Waals surface area (Å²) in [5.74, 6) is 1.06. The first-order valence-electron chi connectivity index (χ1n) is 10.3. The third-order valence-corrected chi connectivity index (χ3v) is 5.44. The number of morpholine rings is 1. The van der Waals surface area contributed by atoms with Crippen LogP contribution in [0, 0.1) is 5.82 Å². The van der Waals surface area contributed by atoms with Crippen molar-refractivity contribution in [3.8, 4) is 5.69 Å². The Morgan fingerprint density at radius 2 is 1.74 bits per heavy atom. The van der Waals surface area contributed by atoms with Crippen LogP contribution in [-0.4, -0.2) is 46.1 Å². The molecule has 1 atom stereocenters. The van der Waals surface area contributed by atoms with E-state index < -0.39 is 0 Å². The molecule has 158 valence electrons. The molecule has 8 heteroatoms. The topological polar surface area (TPSA) is 68.1 Å². The molecule has 7 nitrogen and oxygen atoms in total. The van der Waals surface area contributed by atoms with Crippen LogP contribution in [0.1, 0.15) is 18.5 Å². The molecule has 0 aliphatic carbocycles. The summed E-state index contributed by atoms with van der Waals surface area (Å²) in [6, 6.07) is 16.4. The van der Waals surface area contributed by atoms with E-state index in [2.05, 4.69) is 34.4 Å². The van der Waals surface area contributed by atoms with Gasteiger partial charge in [-0.3, -0.25) is 0 Å². The van der Waals surface area contributed by atoms with Gasteiger partial charge < -0.3 is 15.0 Å². The number of rotatable bonds is 5. The molecule has 2 aromatic heterocycles. The highest BCUT2D eigenvalue weighted by Gasteiger charge is 2.21. The van der Waals surface area contributed by atoms with Crippen molar-refractivity contribution < 1.29 is 9.13 Å². The maximum Gasteiger partial charge on any atom is 0.227 e. The van der Waals surface area contributed by atoms with Crippen LogP contribution in [0.2, 0.25) is 0 Å². The maximum absolute atomic E-state index is 13.4. The third kappa shape index (κ3) is 3.94. The van der Waals surface area contributed by atoms with Crippen LogP contribution in [-0.2, 0) is 4.74 Å². The van der Waals surface area contributed by atoms with Gasteiger partial charge in [-0.15, -0.1) is 0 Å². The van der Waals surface area contributed by atoms with Gasteiger partial charge in [-0.1, -0.05) is 30.3 Å². The molecule has 1 saturated heterocycles. The first-order valence-corrected chi connectivity index (χ1v) is 10.3. The Hall–Kier alpha value is -3.52. The fourth-order valence-corrected chi connectivity index (χ4v) is 3.76. The molecule has 2 aromatic carbocycles. The predicted molar refractivity (Wildman–Crippen MR) is 118 cm³/mol. The molecule has 31 heavy (non-hydrogen) atoms. The third-order valence-electron chi connectivity index (χ3n) is 5.44. The van der Waals surface area contributed by atoms with E-state index >= 15 is 0 Å². The van der Waals surface area contributed by atoms with Crippen LogP contribution >= 0.6 is 0 Å². The van der Waals surface area contributed by atoms with Gasteiger partial charge in [0.25, 0.3) is 0 Å². The Kier molecular flexibility index (Phi) is 5.21.